The molecule has 180 valence electrons. The number of likely N-dealkylation sites (N-methyl/N-ethyl adjacent to an activating group) is 1. The van der Waals surface area contributed by atoms with Gasteiger partial charge in [0.2, 0.25) is 17.7 Å². The molecule has 0 radical (unpaired) electrons. The number of carbonyl (C=O) groups is 3. The monoisotopic (exact) mass is 456 g/mol. The summed E-state index contributed by atoms with van der Waals surface area (Å²) in [6.45, 7) is 6.11. The Hall–Kier alpha value is -2.45. The SMILES string of the molecule is CN[C@@H](C)C(=O)N[C@H]1CCO[C@H]2CC(C)(C)[C@@H](C(=O)N[C@@H]3CCCc4ccccc43)N2C1=O. The van der Waals surface area contributed by atoms with E-state index in [1.54, 1.807) is 18.9 Å². The number of hydrogen-bond donors (Lipinski definition) is 3. The van der Waals surface area contributed by atoms with Crippen LogP contribution in [0.4, 0.5) is 0 Å². The molecule has 8 nitrogen and oxygen atoms in total. The van der Waals surface area contributed by atoms with E-state index in [4.69, 9.17) is 4.74 Å². The highest BCUT2D eigenvalue weighted by Crippen LogP contribution is 2.43. The predicted octanol–water partition coefficient (Wildman–Crippen LogP) is 1.65. The molecule has 5 atom stereocenters. The van der Waals surface area contributed by atoms with Crippen molar-refractivity contribution in [2.75, 3.05) is 13.7 Å². The van der Waals surface area contributed by atoms with Gasteiger partial charge in [-0.1, -0.05) is 38.1 Å². The van der Waals surface area contributed by atoms with Gasteiger partial charge in [-0.25, -0.2) is 0 Å². The lowest BCUT2D eigenvalue weighted by molar-refractivity contribution is -0.150. The predicted molar refractivity (Wildman–Crippen MR) is 124 cm³/mol. The van der Waals surface area contributed by atoms with Crippen LogP contribution in [-0.2, 0) is 25.5 Å². The molecule has 33 heavy (non-hydrogen) atoms. The largest absolute Gasteiger partial charge is 0.358 e. The van der Waals surface area contributed by atoms with Crippen molar-refractivity contribution < 1.29 is 19.1 Å². The number of ether oxygens (including phenoxy) is 1. The Morgan fingerprint density at radius 1 is 1.15 bits per heavy atom. The normalized spacial score (nSPS) is 29.5. The Balaban J connectivity index is 1.56. The molecule has 3 amide bonds. The molecule has 1 aromatic carbocycles. The maximum absolute atomic E-state index is 13.7. The highest BCUT2D eigenvalue weighted by atomic mass is 16.5. The fourth-order valence-corrected chi connectivity index (χ4v) is 5.43. The minimum Gasteiger partial charge on any atom is -0.358 e. The quantitative estimate of drug-likeness (QED) is 0.626. The molecule has 4 rings (SSSR count). The van der Waals surface area contributed by atoms with Crippen LogP contribution < -0.4 is 16.0 Å². The fourth-order valence-electron chi connectivity index (χ4n) is 5.43. The Morgan fingerprint density at radius 2 is 1.91 bits per heavy atom. The highest BCUT2D eigenvalue weighted by Gasteiger charge is 2.55. The first-order chi connectivity index (χ1) is 15.7. The summed E-state index contributed by atoms with van der Waals surface area (Å²) < 4.78 is 6.02. The summed E-state index contributed by atoms with van der Waals surface area (Å²) in [5.74, 6) is -0.645. The van der Waals surface area contributed by atoms with Gasteiger partial charge in [-0.05, 0) is 56.2 Å². The second-order valence-corrected chi connectivity index (χ2v) is 10.2. The van der Waals surface area contributed by atoms with Crippen molar-refractivity contribution in [1.29, 1.82) is 0 Å². The Kier molecular flexibility index (Phi) is 6.77. The zero-order chi connectivity index (χ0) is 23.8. The smallest absolute Gasteiger partial charge is 0.247 e. The summed E-state index contributed by atoms with van der Waals surface area (Å²) in [4.78, 5) is 41.3. The maximum atomic E-state index is 13.7. The molecular formula is C25H36N4O4. The fraction of sp³-hybridized carbons (Fsp3) is 0.640. The first kappa shape index (κ1) is 23.7. The standard InChI is InChI=1S/C25H36N4O4/c1-15(26-4)22(30)28-19-12-13-33-20-14-25(2,3)21(29(20)24(19)32)23(31)27-18-11-7-9-16-8-5-6-10-17(16)18/h5-6,8,10,15,18-21,26H,7,9,11-14H2,1-4H3,(H,27,31)(H,28,30)/t15-,18+,19-,20-,21+/m0/s1. The first-order valence-electron chi connectivity index (χ1n) is 12.0. The van der Waals surface area contributed by atoms with Gasteiger partial charge in [-0.3, -0.25) is 14.4 Å². The topological polar surface area (TPSA) is 99.8 Å². The van der Waals surface area contributed by atoms with E-state index in [1.807, 2.05) is 26.0 Å². The molecule has 1 aliphatic carbocycles. The van der Waals surface area contributed by atoms with Crippen LogP contribution in [0.2, 0.25) is 0 Å². The number of nitrogens with zero attached hydrogens (tertiary/aromatic N) is 1. The van der Waals surface area contributed by atoms with Gasteiger partial charge >= 0.3 is 0 Å². The molecular weight excluding hydrogens is 420 g/mol. The van der Waals surface area contributed by atoms with Crippen molar-refractivity contribution in [3.8, 4) is 0 Å². The number of rotatable bonds is 5. The van der Waals surface area contributed by atoms with E-state index in [-0.39, 0.29) is 23.8 Å². The zero-order valence-electron chi connectivity index (χ0n) is 20.0. The van der Waals surface area contributed by atoms with Crippen molar-refractivity contribution in [3.63, 3.8) is 0 Å². The van der Waals surface area contributed by atoms with Crippen molar-refractivity contribution in [1.82, 2.24) is 20.9 Å². The van der Waals surface area contributed by atoms with Gasteiger partial charge in [-0.15, -0.1) is 0 Å². The third-order valence-electron chi connectivity index (χ3n) is 7.38. The Labute approximate surface area is 195 Å². The minimum absolute atomic E-state index is 0.0627. The Morgan fingerprint density at radius 3 is 2.67 bits per heavy atom. The zero-order valence-corrected chi connectivity index (χ0v) is 20.0. The van der Waals surface area contributed by atoms with E-state index < -0.39 is 29.8 Å². The molecule has 2 saturated heterocycles. The van der Waals surface area contributed by atoms with Gasteiger partial charge in [-0.2, -0.15) is 0 Å². The van der Waals surface area contributed by atoms with Crippen LogP contribution in [0, 0.1) is 5.41 Å². The maximum Gasteiger partial charge on any atom is 0.247 e. The lowest BCUT2D eigenvalue weighted by atomic mass is 9.82. The second-order valence-electron chi connectivity index (χ2n) is 10.2. The number of fused-ring (bicyclic) bond motifs is 2. The molecule has 0 unspecified atom stereocenters. The first-order valence-corrected chi connectivity index (χ1v) is 12.0. The van der Waals surface area contributed by atoms with Gasteiger partial charge in [0.05, 0.1) is 18.7 Å². The highest BCUT2D eigenvalue weighted by molar-refractivity contribution is 5.94. The van der Waals surface area contributed by atoms with Crippen LogP contribution in [0.1, 0.15) is 63.6 Å². The Bertz CT molecular complexity index is 917. The lowest BCUT2D eigenvalue weighted by Gasteiger charge is -2.35. The third-order valence-corrected chi connectivity index (χ3v) is 7.38. The van der Waals surface area contributed by atoms with Gasteiger partial charge in [0.1, 0.15) is 18.3 Å². The third kappa shape index (κ3) is 4.64. The van der Waals surface area contributed by atoms with Crippen LogP contribution >= 0.6 is 0 Å². The molecule has 0 spiro atoms. The average molecular weight is 457 g/mol. The lowest BCUT2D eigenvalue weighted by Crippen LogP contribution is -2.58. The molecule has 3 N–H and O–H groups in total. The van der Waals surface area contributed by atoms with Crippen molar-refractivity contribution in [2.24, 2.45) is 5.41 Å². The number of aryl methyl sites for hydroxylation is 1. The summed E-state index contributed by atoms with van der Waals surface area (Å²) >= 11 is 0. The number of carbonyl (C=O) groups excluding carboxylic acids is 3. The summed E-state index contributed by atoms with van der Waals surface area (Å²) in [7, 11) is 1.70. The molecule has 1 aromatic rings. The van der Waals surface area contributed by atoms with Gasteiger partial charge in [0.15, 0.2) is 0 Å². The summed E-state index contributed by atoms with van der Waals surface area (Å²) in [5.41, 5.74) is 1.98. The molecule has 2 aliphatic heterocycles. The molecule has 2 heterocycles. The van der Waals surface area contributed by atoms with Gasteiger partial charge < -0.3 is 25.6 Å². The number of amides is 3. The molecule has 3 aliphatic rings. The van der Waals surface area contributed by atoms with E-state index in [9.17, 15) is 14.4 Å². The van der Waals surface area contributed by atoms with Crippen LogP contribution in [0.15, 0.2) is 24.3 Å². The molecule has 0 aromatic heterocycles. The van der Waals surface area contributed by atoms with E-state index in [1.165, 1.54) is 5.56 Å². The number of benzene rings is 1. The summed E-state index contributed by atoms with van der Waals surface area (Å²) in [5, 5.41) is 8.99. The van der Waals surface area contributed by atoms with Crippen molar-refractivity contribution >= 4 is 17.7 Å². The van der Waals surface area contributed by atoms with Crippen molar-refractivity contribution in [2.45, 2.75) is 83.3 Å². The number of hydrogen-bond acceptors (Lipinski definition) is 5. The van der Waals surface area contributed by atoms with Gasteiger partial charge in [0, 0.05) is 6.42 Å². The van der Waals surface area contributed by atoms with Gasteiger partial charge in [0.25, 0.3) is 0 Å². The summed E-state index contributed by atoms with van der Waals surface area (Å²) in [6, 6.07) is 6.38. The summed E-state index contributed by atoms with van der Waals surface area (Å²) in [6.07, 6.45) is 3.41. The molecule has 0 bridgehead atoms. The second kappa shape index (κ2) is 9.43. The van der Waals surface area contributed by atoms with Crippen LogP contribution in [-0.4, -0.2) is 60.6 Å². The number of nitrogens with one attached hydrogen (secondary N) is 3. The van der Waals surface area contributed by atoms with E-state index in [0.717, 1.165) is 24.8 Å². The van der Waals surface area contributed by atoms with Crippen LogP contribution in [0.3, 0.4) is 0 Å². The van der Waals surface area contributed by atoms with E-state index >= 15 is 0 Å². The van der Waals surface area contributed by atoms with Crippen LogP contribution in [0.5, 0.6) is 0 Å². The molecule has 8 heteroatoms. The van der Waals surface area contributed by atoms with Crippen LogP contribution in [0.25, 0.3) is 0 Å². The van der Waals surface area contributed by atoms with Crippen molar-refractivity contribution in [3.05, 3.63) is 35.4 Å². The molecule has 2 fully saturated rings. The van der Waals surface area contributed by atoms with E-state index in [0.29, 0.717) is 19.4 Å². The minimum atomic E-state index is -0.710. The van der Waals surface area contributed by atoms with E-state index in [2.05, 4.69) is 28.1 Å². The molecule has 0 saturated carbocycles. The average Bonchev–Trinajstić information content (AvgIpc) is 2.99.